The van der Waals surface area contributed by atoms with Crippen LogP contribution in [0.15, 0.2) is 11.1 Å². The molecule has 0 aliphatic carbocycles. The first-order valence-electron chi connectivity index (χ1n) is 6.54. The maximum atomic E-state index is 5.59. The molecule has 106 valence electrons. The van der Waals surface area contributed by atoms with E-state index >= 15 is 0 Å². The average molecular weight is 282 g/mol. The van der Waals surface area contributed by atoms with Crippen LogP contribution in [0.5, 0.6) is 0 Å². The molecular weight excluding hydrogens is 260 g/mol. The predicted octanol–water partition coefficient (Wildman–Crippen LogP) is 2.33. The minimum Gasteiger partial charge on any atom is -0.377 e. The zero-order valence-electron chi connectivity index (χ0n) is 11.9. The Labute approximate surface area is 118 Å². The monoisotopic (exact) mass is 282 g/mol. The van der Waals surface area contributed by atoms with Gasteiger partial charge in [-0.25, -0.2) is 15.8 Å². The van der Waals surface area contributed by atoms with Crippen LogP contribution in [0.2, 0.25) is 0 Å². The van der Waals surface area contributed by atoms with E-state index in [1.165, 1.54) is 0 Å². The first kappa shape index (κ1) is 14.6. The molecule has 19 heavy (non-hydrogen) atoms. The molecule has 0 radical (unpaired) electrons. The van der Waals surface area contributed by atoms with Gasteiger partial charge in [0.25, 0.3) is 0 Å². The van der Waals surface area contributed by atoms with E-state index in [0.29, 0.717) is 11.1 Å². The zero-order chi connectivity index (χ0) is 14.0. The fourth-order valence-corrected chi connectivity index (χ4v) is 3.03. The summed E-state index contributed by atoms with van der Waals surface area (Å²) in [5.74, 6) is 6.96. The van der Waals surface area contributed by atoms with E-state index in [1.807, 2.05) is 6.07 Å². The van der Waals surface area contributed by atoms with Crippen molar-refractivity contribution in [1.82, 2.24) is 9.97 Å². The zero-order valence-corrected chi connectivity index (χ0v) is 12.8. The van der Waals surface area contributed by atoms with Gasteiger partial charge in [-0.05, 0) is 13.3 Å². The Hall–Kier alpha value is -0.850. The summed E-state index contributed by atoms with van der Waals surface area (Å²) in [5.41, 5.74) is 2.52. The maximum absolute atomic E-state index is 5.59. The quantitative estimate of drug-likeness (QED) is 0.503. The van der Waals surface area contributed by atoms with Crippen molar-refractivity contribution in [1.29, 1.82) is 0 Å². The van der Waals surface area contributed by atoms with Gasteiger partial charge in [0.05, 0.1) is 6.10 Å². The third-order valence-electron chi connectivity index (χ3n) is 3.10. The predicted molar refractivity (Wildman–Crippen MR) is 78.2 cm³/mol. The van der Waals surface area contributed by atoms with Crippen LogP contribution in [-0.2, 0) is 10.2 Å². The molecule has 1 aromatic heterocycles. The summed E-state index contributed by atoms with van der Waals surface area (Å²) in [4.78, 5) is 9.08. The molecule has 2 unspecified atom stereocenters. The maximum Gasteiger partial charge on any atom is 0.144 e. The Morgan fingerprint density at radius 3 is 2.68 bits per heavy atom. The molecule has 0 spiro atoms. The van der Waals surface area contributed by atoms with E-state index in [0.717, 1.165) is 23.9 Å². The molecule has 0 amide bonds. The van der Waals surface area contributed by atoms with Gasteiger partial charge in [0.1, 0.15) is 16.7 Å². The number of nitrogen functional groups attached to an aromatic ring is 1. The van der Waals surface area contributed by atoms with Crippen LogP contribution in [0.3, 0.4) is 0 Å². The second-order valence-electron chi connectivity index (χ2n) is 5.83. The molecule has 6 heteroatoms. The summed E-state index contributed by atoms with van der Waals surface area (Å²) in [5, 5.41) is 1.41. The number of nitrogens with one attached hydrogen (secondary N) is 1. The highest BCUT2D eigenvalue weighted by Crippen LogP contribution is 2.33. The molecule has 3 N–H and O–H groups in total. The highest BCUT2D eigenvalue weighted by atomic mass is 32.2. The van der Waals surface area contributed by atoms with Crippen LogP contribution in [0.4, 0.5) is 5.82 Å². The number of anilines is 1. The lowest BCUT2D eigenvalue weighted by atomic mass is 9.96. The van der Waals surface area contributed by atoms with Crippen LogP contribution in [0.1, 0.15) is 39.9 Å². The Morgan fingerprint density at radius 2 is 2.16 bits per heavy atom. The summed E-state index contributed by atoms with van der Waals surface area (Å²) in [6, 6.07) is 1.89. The lowest BCUT2D eigenvalue weighted by Gasteiger charge is -2.19. The molecule has 2 rings (SSSR count). The van der Waals surface area contributed by atoms with Gasteiger partial charge in [-0.3, -0.25) is 0 Å². The van der Waals surface area contributed by atoms with Crippen LogP contribution >= 0.6 is 11.8 Å². The number of hydrazine groups is 1. The largest absolute Gasteiger partial charge is 0.377 e. The number of hydrogen-bond acceptors (Lipinski definition) is 6. The summed E-state index contributed by atoms with van der Waals surface area (Å²) < 4.78 is 5.59. The highest BCUT2D eigenvalue weighted by Gasteiger charge is 2.27. The average Bonchev–Trinajstić information content (AvgIpc) is 2.73. The van der Waals surface area contributed by atoms with Crippen molar-refractivity contribution in [2.75, 3.05) is 12.0 Å². The molecule has 2 heterocycles. The minimum absolute atomic E-state index is 0.0973. The Morgan fingerprint density at radius 1 is 1.42 bits per heavy atom. The van der Waals surface area contributed by atoms with Gasteiger partial charge in [-0.15, -0.1) is 11.8 Å². The lowest BCUT2D eigenvalue weighted by Crippen LogP contribution is -2.20. The SMILES string of the molecule is CC1OCCC1Sc1cc(NN)nc(C(C)(C)C)n1. The fourth-order valence-electron chi connectivity index (χ4n) is 1.92. The number of ether oxygens (including phenoxy) is 1. The lowest BCUT2D eigenvalue weighted by molar-refractivity contribution is 0.127. The first-order chi connectivity index (χ1) is 8.90. The minimum atomic E-state index is -0.0973. The molecule has 5 nitrogen and oxygen atoms in total. The van der Waals surface area contributed by atoms with Gasteiger partial charge in [0, 0.05) is 23.3 Å². The van der Waals surface area contributed by atoms with Gasteiger partial charge in [-0.2, -0.15) is 0 Å². The van der Waals surface area contributed by atoms with Crippen molar-refractivity contribution in [3.8, 4) is 0 Å². The van der Waals surface area contributed by atoms with Gasteiger partial charge in [-0.1, -0.05) is 20.8 Å². The second-order valence-corrected chi connectivity index (χ2v) is 7.09. The van der Waals surface area contributed by atoms with Gasteiger partial charge < -0.3 is 10.2 Å². The third kappa shape index (κ3) is 3.58. The van der Waals surface area contributed by atoms with Crippen LogP contribution < -0.4 is 11.3 Å². The van der Waals surface area contributed by atoms with E-state index < -0.39 is 0 Å². The van der Waals surface area contributed by atoms with E-state index in [2.05, 4.69) is 43.1 Å². The first-order valence-corrected chi connectivity index (χ1v) is 7.42. The number of hydrogen-bond donors (Lipinski definition) is 2. The van der Waals surface area contributed by atoms with Crippen molar-refractivity contribution in [2.24, 2.45) is 5.84 Å². The molecule has 2 atom stereocenters. The van der Waals surface area contributed by atoms with Crippen LogP contribution in [0, 0.1) is 0 Å². The Balaban J connectivity index is 2.24. The molecular formula is C13H22N4OS. The third-order valence-corrected chi connectivity index (χ3v) is 4.47. The topological polar surface area (TPSA) is 73.1 Å². The van der Waals surface area contributed by atoms with Crippen molar-refractivity contribution >= 4 is 17.6 Å². The number of nitrogens with zero attached hydrogens (tertiary/aromatic N) is 2. The molecule has 1 aliphatic rings. The molecule has 1 saturated heterocycles. The molecule has 1 fully saturated rings. The Bertz CT molecular complexity index is 447. The van der Waals surface area contributed by atoms with E-state index in [4.69, 9.17) is 10.6 Å². The van der Waals surface area contributed by atoms with Crippen molar-refractivity contribution in [3.63, 3.8) is 0 Å². The molecule has 0 saturated carbocycles. The number of thioether (sulfide) groups is 1. The summed E-state index contributed by atoms with van der Waals surface area (Å²) in [6.45, 7) is 9.23. The van der Waals surface area contributed by atoms with Gasteiger partial charge >= 0.3 is 0 Å². The number of rotatable bonds is 3. The normalized spacial score (nSPS) is 23.6. The summed E-state index contributed by atoms with van der Waals surface area (Å²) in [7, 11) is 0. The highest BCUT2D eigenvalue weighted by molar-refractivity contribution is 7.99. The van der Waals surface area contributed by atoms with Gasteiger partial charge in [0.2, 0.25) is 0 Å². The summed E-state index contributed by atoms with van der Waals surface area (Å²) in [6.07, 6.45) is 1.33. The Kier molecular flexibility index (Phi) is 4.32. The number of aromatic nitrogens is 2. The van der Waals surface area contributed by atoms with E-state index in [9.17, 15) is 0 Å². The second kappa shape index (κ2) is 5.64. The van der Waals surface area contributed by atoms with Crippen molar-refractivity contribution in [3.05, 3.63) is 11.9 Å². The molecule has 0 bridgehead atoms. The van der Waals surface area contributed by atoms with Crippen LogP contribution in [0.25, 0.3) is 0 Å². The molecule has 1 aromatic rings. The summed E-state index contributed by atoms with van der Waals surface area (Å²) >= 11 is 1.75. The molecule has 1 aliphatic heterocycles. The van der Waals surface area contributed by atoms with Gasteiger partial charge in [0.15, 0.2) is 0 Å². The van der Waals surface area contributed by atoms with Crippen molar-refractivity contribution in [2.45, 2.75) is 55.9 Å². The van der Waals surface area contributed by atoms with E-state index in [-0.39, 0.29) is 11.5 Å². The standard InChI is InChI=1S/C13H22N4OS/c1-8-9(5-6-18-8)19-11-7-10(17-14)15-12(16-11)13(2,3)4/h7-9H,5-6,14H2,1-4H3,(H,15,16,17). The van der Waals surface area contributed by atoms with Crippen molar-refractivity contribution < 1.29 is 4.74 Å². The smallest absolute Gasteiger partial charge is 0.144 e. The number of nitrogens with two attached hydrogens (primary N) is 1. The van der Waals surface area contributed by atoms with Crippen LogP contribution in [-0.4, -0.2) is 27.9 Å². The fraction of sp³-hybridized carbons (Fsp3) is 0.692. The van der Waals surface area contributed by atoms with E-state index in [1.54, 1.807) is 11.8 Å². The molecule has 0 aromatic carbocycles.